The molecule has 0 aliphatic heterocycles. The Labute approximate surface area is 87.9 Å². The number of hydrogen-bond acceptors (Lipinski definition) is 3. The highest BCUT2D eigenvalue weighted by atomic mass is 15.0. The molecule has 2 aromatic rings. The lowest BCUT2D eigenvalue weighted by Crippen LogP contribution is -2.05. The van der Waals surface area contributed by atoms with Gasteiger partial charge in [0, 0.05) is 18.2 Å². The number of nitrogens with one attached hydrogen (secondary N) is 1. The molecule has 15 heavy (non-hydrogen) atoms. The van der Waals surface area contributed by atoms with Crippen molar-refractivity contribution in [3.05, 3.63) is 23.7 Å². The summed E-state index contributed by atoms with van der Waals surface area (Å²) in [6.07, 6.45) is 4.26. The third-order valence-electron chi connectivity index (χ3n) is 2.90. The van der Waals surface area contributed by atoms with E-state index in [1.807, 2.05) is 13.0 Å². The molecule has 2 aromatic heterocycles. The molecule has 78 valence electrons. The second-order valence-corrected chi connectivity index (χ2v) is 4.28. The number of pyridine rings is 1. The van der Waals surface area contributed by atoms with Crippen LogP contribution in [-0.2, 0) is 0 Å². The Kier molecular flexibility index (Phi) is 1.79. The first-order chi connectivity index (χ1) is 7.25. The number of nitrogens with zero attached hydrogens (tertiary/aromatic N) is 2. The quantitative estimate of drug-likeness (QED) is 0.781. The van der Waals surface area contributed by atoms with Crippen molar-refractivity contribution in [1.82, 2.24) is 15.0 Å². The predicted molar refractivity (Wildman–Crippen MR) is 58.5 cm³/mol. The van der Waals surface area contributed by atoms with Gasteiger partial charge in [-0.15, -0.1) is 0 Å². The molecule has 0 radical (unpaired) electrons. The molecule has 2 heterocycles. The second-order valence-electron chi connectivity index (χ2n) is 4.28. The van der Waals surface area contributed by atoms with Gasteiger partial charge in [-0.05, 0) is 31.4 Å². The number of aromatic nitrogens is 3. The van der Waals surface area contributed by atoms with Crippen LogP contribution in [0.5, 0.6) is 0 Å². The summed E-state index contributed by atoms with van der Waals surface area (Å²) in [5.74, 6) is 1.70. The van der Waals surface area contributed by atoms with Crippen LogP contribution in [0.4, 0.5) is 0 Å². The number of fused-ring (bicyclic) bond motifs is 1. The van der Waals surface area contributed by atoms with E-state index in [0.29, 0.717) is 5.92 Å². The van der Waals surface area contributed by atoms with Gasteiger partial charge in [-0.3, -0.25) is 0 Å². The molecular weight excluding hydrogens is 188 g/mol. The number of rotatable bonds is 2. The van der Waals surface area contributed by atoms with Gasteiger partial charge in [0.05, 0.1) is 5.52 Å². The largest absolute Gasteiger partial charge is 0.340 e. The SMILES string of the molecule is CC(N)c1ccnc2nc(C3CC3)[nH]c12. The summed E-state index contributed by atoms with van der Waals surface area (Å²) in [5.41, 5.74) is 8.81. The highest BCUT2D eigenvalue weighted by Gasteiger charge is 2.27. The molecule has 3 rings (SSSR count). The van der Waals surface area contributed by atoms with Gasteiger partial charge in [0.1, 0.15) is 5.82 Å². The summed E-state index contributed by atoms with van der Waals surface area (Å²) in [5, 5.41) is 0. The van der Waals surface area contributed by atoms with Gasteiger partial charge >= 0.3 is 0 Å². The fourth-order valence-electron chi connectivity index (χ4n) is 1.88. The number of imidazole rings is 1. The smallest absolute Gasteiger partial charge is 0.178 e. The Bertz CT molecular complexity index is 496. The predicted octanol–water partition coefficient (Wildman–Crippen LogP) is 1.86. The third-order valence-corrected chi connectivity index (χ3v) is 2.90. The first kappa shape index (κ1) is 8.85. The minimum atomic E-state index is 0.0167. The number of aromatic amines is 1. The number of H-pyrrole nitrogens is 1. The van der Waals surface area contributed by atoms with Crippen LogP contribution >= 0.6 is 0 Å². The number of nitrogens with two attached hydrogens (primary N) is 1. The van der Waals surface area contributed by atoms with Gasteiger partial charge in [-0.2, -0.15) is 0 Å². The second kappa shape index (κ2) is 3.03. The van der Waals surface area contributed by atoms with Gasteiger partial charge in [-0.25, -0.2) is 9.97 Å². The third kappa shape index (κ3) is 1.41. The zero-order valence-corrected chi connectivity index (χ0v) is 8.70. The van der Waals surface area contributed by atoms with Crippen LogP contribution in [0.3, 0.4) is 0 Å². The molecule has 3 N–H and O–H groups in total. The van der Waals surface area contributed by atoms with Gasteiger partial charge < -0.3 is 10.7 Å². The standard InChI is InChI=1S/C11H14N4/c1-6(12)8-4-5-13-11-9(8)14-10(15-11)7-2-3-7/h4-7H,2-3,12H2,1H3,(H,13,14,15). The molecule has 1 aliphatic rings. The van der Waals surface area contributed by atoms with Gasteiger partial charge in [0.15, 0.2) is 5.65 Å². The first-order valence-electron chi connectivity index (χ1n) is 5.36. The maximum absolute atomic E-state index is 5.91. The fraction of sp³-hybridized carbons (Fsp3) is 0.455. The molecule has 0 amide bonds. The van der Waals surface area contributed by atoms with Gasteiger partial charge in [-0.1, -0.05) is 0 Å². The van der Waals surface area contributed by atoms with E-state index in [4.69, 9.17) is 5.73 Å². The normalized spacial score (nSPS) is 18.3. The van der Waals surface area contributed by atoms with Crippen LogP contribution in [0.25, 0.3) is 11.2 Å². The Morgan fingerprint density at radius 2 is 2.33 bits per heavy atom. The van der Waals surface area contributed by atoms with E-state index < -0.39 is 0 Å². The molecule has 1 atom stereocenters. The molecular formula is C11H14N4. The maximum atomic E-state index is 5.91. The lowest BCUT2D eigenvalue weighted by molar-refractivity contribution is 0.822. The van der Waals surface area contributed by atoms with E-state index in [-0.39, 0.29) is 6.04 Å². The summed E-state index contributed by atoms with van der Waals surface area (Å²) in [6.45, 7) is 1.98. The van der Waals surface area contributed by atoms with Crippen LogP contribution < -0.4 is 5.73 Å². The molecule has 1 aliphatic carbocycles. The van der Waals surface area contributed by atoms with Crippen molar-refractivity contribution in [1.29, 1.82) is 0 Å². The Balaban J connectivity index is 2.19. The highest BCUT2D eigenvalue weighted by Crippen LogP contribution is 2.39. The van der Waals surface area contributed by atoms with Crippen molar-refractivity contribution in [3.63, 3.8) is 0 Å². The van der Waals surface area contributed by atoms with Crippen molar-refractivity contribution in [2.75, 3.05) is 0 Å². The summed E-state index contributed by atoms with van der Waals surface area (Å²) in [6, 6.07) is 1.98. The topological polar surface area (TPSA) is 67.6 Å². The van der Waals surface area contributed by atoms with E-state index in [2.05, 4.69) is 15.0 Å². The van der Waals surface area contributed by atoms with Crippen LogP contribution in [0, 0.1) is 0 Å². The van der Waals surface area contributed by atoms with E-state index in [1.54, 1.807) is 6.20 Å². The maximum Gasteiger partial charge on any atom is 0.178 e. The van der Waals surface area contributed by atoms with Crippen LogP contribution in [0.2, 0.25) is 0 Å². The zero-order valence-electron chi connectivity index (χ0n) is 8.70. The van der Waals surface area contributed by atoms with E-state index in [0.717, 1.165) is 22.6 Å². The summed E-state index contributed by atoms with van der Waals surface area (Å²) in [7, 11) is 0. The molecule has 0 bridgehead atoms. The molecule has 4 nitrogen and oxygen atoms in total. The van der Waals surface area contributed by atoms with Crippen molar-refractivity contribution in [2.45, 2.75) is 31.7 Å². The Hall–Kier alpha value is -1.42. The van der Waals surface area contributed by atoms with E-state index >= 15 is 0 Å². The Morgan fingerprint density at radius 3 is 3.00 bits per heavy atom. The molecule has 1 fully saturated rings. The van der Waals surface area contributed by atoms with Gasteiger partial charge in [0.25, 0.3) is 0 Å². The Morgan fingerprint density at radius 1 is 1.53 bits per heavy atom. The van der Waals surface area contributed by atoms with E-state index in [1.165, 1.54) is 12.8 Å². The zero-order chi connectivity index (χ0) is 10.4. The van der Waals surface area contributed by atoms with Crippen LogP contribution in [-0.4, -0.2) is 15.0 Å². The molecule has 4 heteroatoms. The van der Waals surface area contributed by atoms with E-state index in [9.17, 15) is 0 Å². The lowest BCUT2D eigenvalue weighted by atomic mass is 10.1. The lowest BCUT2D eigenvalue weighted by Gasteiger charge is -2.04. The van der Waals surface area contributed by atoms with Crippen molar-refractivity contribution >= 4 is 11.2 Å². The summed E-state index contributed by atoms with van der Waals surface area (Å²) in [4.78, 5) is 12.1. The minimum absolute atomic E-state index is 0.0167. The molecule has 0 saturated heterocycles. The monoisotopic (exact) mass is 202 g/mol. The van der Waals surface area contributed by atoms with Gasteiger partial charge in [0.2, 0.25) is 0 Å². The van der Waals surface area contributed by atoms with Crippen LogP contribution in [0.15, 0.2) is 12.3 Å². The average Bonchev–Trinajstić information content (AvgIpc) is 2.96. The van der Waals surface area contributed by atoms with Crippen molar-refractivity contribution in [3.8, 4) is 0 Å². The first-order valence-corrected chi connectivity index (χ1v) is 5.36. The average molecular weight is 202 g/mol. The minimum Gasteiger partial charge on any atom is -0.340 e. The molecule has 0 spiro atoms. The highest BCUT2D eigenvalue weighted by molar-refractivity contribution is 5.75. The van der Waals surface area contributed by atoms with Crippen molar-refractivity contribution in [2.24, 2.45) is 5.73 Å². The summed E-state index contributed by atoms with van der Waals surface area (Å²) >= 11 is 0. The summed E-state index contributed by atoms with van der Waals surface area (Å²) < 4.78 is 0. The van der Waals surface area contributed by atoms with Crippen molar-refractivity contribution < 1.29 is 0 Å². The number of hydrogen-bond donors (Lipinski definition) is 2. The van der Waals surface area contributed by atoms with Crippen LogP contribution in [0.1, 0.15) is 43.1 Å². The molecule has 1 unspecified atom stereocenters. The molecule has 1 saturated carbocycles. The molecule has 0 aromatic carbocycles. The fourth-order valence-corrected chi connectivity index (χ4v) is 1.88.